The number of esters is 1. The molecular weight excluding hydrogens is 426 g/mol. The summed E-state index contributed by atoms with van der Waals surface area (Å²) < 4.78 is 6.97. The van der Waals surface area contributed by atoms with Gasteiger partial charge in [0.15, 0.2) is 6.10 Å². The molecule has 2 heterocycles. The number of carbonyl (C=O) groups excluding carboxylic acids is 2. The summed E-state index contributed by atoms with van der Waals surface area (Å²) in [6, 6.07) is 6.69. The van der Waals surface area contributed by atoms with E-state index in [0.717, 1.165) is 17.0 Å². The Hall–Kier alpha value is -2.65. The van der Waals surface area contributed by atoms with Crippen molar-refractivity contribution in [3.63, 3.8) is 0 Å². The van der Waals surface area contributed by atoms with Crippen LogP contribution in [0.25, 0.3) is 5.78 Å². The number of thioether (sulfide) groups is 1. The number of hydrogen-bond donors (Lipinski definition) is 1. The van der Waals surface area contributed by atoms with Gasteiger partial charge in [0.05, 0.1) is 0 Å². The summed E-state index contributed by atoms with van der Waals surface area (Å²) in [6.45, 7) is 5.33. The van der Waals surface area contributed by atoms with Crippen molar-refractivity contribution in [1.82, 2.24) is 19.6 Å². The maximum atomic E-state index is 12.3. The molecule has 8 nitrogen and oxygen atoms in total. The van der Waals surface area contributed by atoms with Crippen molar-refractivity contribution >= 4 is 46.7 Å². The molecule has 158 valence electrons. The fourth-order valence-corrected chi connectivity index (χ4v) is 3.41. The predicted octanol–water partition coefficient (Wildman–Crippen LogP) is 3.62. The molecule has 3 rings (SSSR count). The van der Waals surface area contributed by atoms with E-state index in [1.807, 2.05) is 20.1 Å². The molecule has 0 saturated heterocycles. The maximum absolute atomic E-state index is 12.3. The molecule has 0 aliphatic carbocycles. The summed E-state index contributed by atoms with van der Waals surface area (Å²) in [6.07, 6.45) is 1.53. The van der Waals surface area contributed by atoms with Gasteiger partial charge in [0.1, 0.15) is 0 Å². The van der Waals surface area contributed by atoms with Crippen LogP contribution in [-0.2, 0) is 20.7 Å². The standard InChI is InChI=1S/C20H22ClN5O3S/c1-11-16(12(2)26-19(22-11)24-20(25-26)30-4)9-10-17(27)29-13(3)18(28)23-15-7-5-14(21)6-8-15/h5-8,13H,9-10H2,1-4H3,(H,23,28). The molecule has 1 N–H and O–H groups in total. The van der Waals surface area contributed by atoms with Crippen LogP contribution in [0.15, 0.2) is 29.4 Å². The van der Waals surface area contributed by atoms with Crippen LogP contribution in [0, 0.1) is 13.8 Å². The predicted molar refractivity (Wildman–Crippen MR) is 116 cm³/mol. The average molecular weight is 448 g/mol. The first-order valence-corrected chi connectivity index (χ1v) is 10.9. The first kappa shape index (κ1) is 22.0. The van der Waals surface area contributed by atoms with Gasteiger partial charge in [-0.3, -0.25) is 9.59 Å². The van der Waals surface area contributed by atoms with Gasteiger partial charge >= 0.3 is 5.97 Å². The number of nitrogens with zero attached hydrogens (tertiary/aromatic N) is 4. The maximum Gasteiger partial charge on any atom is 0.306 e. The highest BCUT2D eigenvalue weighted by Crippen LogP contribution is 2.18. The molecule has 0 spiro atoms. The molecule has 3 aromatic rings. The number of rotatable bonds is 7. The lowest BCUT2D eigenvalue weighted by atomic mass is 10.1. The Balaban J connectivity index is 1.59. The van der Waals surface area contributed by atoms with Crippen LogP contribution in [0.2, 0.25) is 5.02 Å². The van der Waals surface area contributed by atoms with E-state index in [9.17, 15) is 9.59 Å². The molecule has 2 aromatic heterocycles. The monoisotopic (exact) mass is 447 g/mol. The van der Waals surface area contributed by atoms with Crippen molar-refractivity contribution in [2.75, 3.05) is 11.6 Å². The summed E-state index contributed by atoms with van der Waals surface area (Å²) in [5.41, 5.74) is 3.17. The Bertz CT molecular complexity index is 1080. The molecule has 1 atom stereocenters. The number of aromatic nitrogens is 4. The van der Waals surface area contributed by atoms with E-state index in [1.54, 1.807) is 28.8 Å². The number of aryl methyl sites for hydroxylation is 2. The quantitative estimate of drug-likeness (QED) is 0.436. The largest absolute Gasteiger partial charge is 0.453 e. The number of amides is 1. The lowest BCUT2D eigenvalue weighted by Gasteiger charge is -2.14. The van der Waals surface area contributed by atoms with Crippen LogP contribution in [-0.4, -0.2) is 43.8 Å². The minimum atomic E-state index is -0.921. The van der Waals surface area contributed by atoms with Gasteiger partial charge in [-0.15, -0.1) is 5.10 Å². The number of ether oxygens (including phenoxy) is 1. The van der Waals surface area contributed by atoms with E-state index >= 15 is 0 Å². The Labute approximate surface area is 183 Å². The molecule has 0 radical (unpaired) electrons. The van der Waals surface area contributed by atoms with Crippen LogP contribution in [0.3, 0.4) is 0 Å². The smallest absolute Gasteiger partial charge is 0.306 e. The number of anilines is 1. The van der Waals surface area contributed by atoms with Crippen molar-refractivity contribution in [1.29, 1.82) is 0 Å². The second-order valence-corrected chi connectivity index (χ2v) is 7.91. The Morgan fingerprint density at radius 2 is 1.93 bits per heavy atom. The molecule has 0 fully saturated rings. The Morgan fingerprint density at radius 1 is 1.23 bits per heavy atom. The zero-order chi connectivity index (χ0) is 21.8. The van der Waals surface area contributed by atoms with Crippen molar-refractivity contribution < 1.29 is 14.3 Å². The first-order chi connectivity index (χ1) is 14.3. The number of carbonyl (C=O) groups is 2. The molecule has 10 heteroatoms. The van der Waals surface area contributed by atoms with E-state index < -0.39 is 18.0 Å². The van der Waals surface area contributed by atoms with Crippen molar-refractivity contribution in [2.45, 2.75) is 44.9 Å². The van der Waals surface area contributed by atoms with Gasteiger partial charge < -0.3 is 10.1 Å². The molecule has 30 heavy (non-hydrogen) atoms. The molecule has 1 amide bonds. The van der Waals surface area contributed by atoms with Gasteiger partial charge in [-0.25, -0.2) is 9.50 Å². The van der Waals surface area contributed by atoms with Crippen LogP contribution < -0.4 is 5.32 Å². The number of hydrogen-bond acceptors (Lipinski definition) is 7. The summed E-state index contributed by atoms with van der Waals surface area (Å²) >= 11 is 7.27. The summed E-state index contributed by atoms with van der Waals surface area (Å²) in [4.78, 5) is 33.4. The van der Waals surface area contributed by atoms with E-state index in [4.69, 9.17) is 16.3 Å². The van der Waals surface area contributed by atoms with Crippen LogP contribution in [0.1, 0.15) is 30.3 Å². The normalized spacial score (nSPS) is 12.0. The van der Waals surface area contributed by atoms with E-state index in [2.05, 4.69) is 20.4 Å². The number of benzene rings is 1. The number of nitrogens with one attached hydrogen (secondary N) is 1. The zero-order valence-corrected chi connectivity index (χ0v) is 18.7. The fraction of sp³-hybridized carbons (Fsp3) is 0.350. The molecule has 1 aromatic carbocycles. The highest BCUT2D eigenvalue weighted by atomic mass is 35.5. The second-order valence-electron chi connectivity index (χ2n) is 6.70. The van der Waals surface area contributed by atoms with Gasteiger partial charge in [0.25, 0.3) is 11.7 Å². The fourth-order valence-electron chi connectivity index (χ4n) is 2.95. The summed E-state index contributed by atoms with van der Waals surface area (Å²) in [5, 5.41) is 8.31. The number of fused-ring (bicyclic) bond motifs is 1. The minimum absolute atomic E-state index is 0.123. The highest BCUT2D eigenvalue weighted by molar-refractivity contribution is 7.98. The van der Waals surface area contributed by atoms with Gasteiger partial charge in [-0.05, 0) is 63.3 Å². The Morgan fingerprint density at radius 3 is 2.60 bits per heavy atom. The van der Waals surface area contributed by atoms with Crippen LogP contribution >= 0.6 is 23.4 Å². The molecule has 0 saturated carbocycles. The third-order valence-corrected chi connectivity index (χ3v) is 5.37. The minimum Gasteiger partial charge on any atom is -0.453 e. The average Bonchev–Trinajstić information content (AvgIpc) is 3.12. The van der Waals surface area contributed by atoms with Gasteiger partial charge in [0, 0.05) is 28.5 Å². The third-order valence-electron chi connectivity index (χ3n) is 4.58. The van der Waals surface area contributed by atoms with Crippen molar-refractivity contribution in [3.8, 4) is 0 Å². The lowest BCUT2D eigenvalue weighted by molar-refractivity contribution is -0.153. The molecule has 0 aliphatic heterocycles. The van der Waals surface area contributed by atoms with Crippen molar-refractivity contribution in [3.05, 3.63) is 46.2 Å². The number of halogens is 1. The van der Waals surface area contributed by atoms with Gasteiger partial charge in [-0.2, -0.15) is 4.98 Å². The second kappa shape index (κ2) is 9.44. The van der Waals surface area contributed by atoms with Crippen molar-refractivity contribution in [2.24, 2.45) is 0 Å². The van der Waals surface area contributed by atoms with E-state index in [1.165, 1.54) is 18.7 Å². The van der Waals surface area contributed by atoms with Gasteiger partial charge in [-0.1, -0.05) is 23.4 Å². The SMILES string of the molecule is CSc1nc2nc(C)c(CCC(=O)OC(C)C(=O)Nc3ccc(Cl)cc3)c(C)n2n1. The van der Waals surface area contributed by atoms with Crippen LogP contribution in [0.5, 0.6) is 0 Å². The third kappa shape index (κ3) is 5.09. The topological polar surface area (TPSA) is 98.5 Å². The molecule has 1 unspecified atom stereocenters. The lowest BCUT2D eigenvalue weighted by Crippen LogP contribution is -2.30. The van der Waals surface area contributed by atoms with E-state index in [-0.39, 0.29) is 6.42 Å². The zero-order valence-electron chi connectivity index (χ0n) is 17.1. The van der Waals surface area contributed by atoms with E-state index in [0.29, 0.717) is 28.1 Å². The summed E-state index contributed by atoms with van der Waals surface area (Å²) in [5.74, 6) is -0.336. The first-order valence-electron chi connectivity index (χ1n) is 9.31. The summed E-state index contributed by atoms with van der Waals surface area (Å²) in [7, 11) is 0. The Kier molecular flexibility index (Phi) is 6.94. The molecular formula is C20H22ClN5O3S. The van der Waals surface area contributed by atoms with Gasteiger partial charge in [0.2, 0.25) is 5.16 Å². The van der Waals surface area contributed by atoms with Crippen LogP contribution in [0.4, 0.5) is 5.69 Å². The molecule has 0 aliphatic rings. The highest BCUT2D eigenvalue weighted by Gasteiger charge is 2.19. The molecule has 0 bridgehead atoms.